The molecule has 4 rings (SSSR count). The number of hydrogen-bond acceptors (Lipinski definition) is 5. The predicted molar refractivity (Wildman–Crippen MR) is 102 cm³/mol. The fourth-order valence-electron chi connectivity index (χ4n) is 4.13. The molecule has 27 heavy (non-hydrogen) atoms. The summed E-state index contributed by atoms with van der Waals surface area (Å²) in [5.74, 6) is 0.515. The maximum atomic E-state index is 12.5. The van der Waals surface area contributed by atoms with Crippen LogP contribution < -0.4 is 10.6 Å². The fraction of sp³-hybridized carbons (Fsp3) is 0.789. The van der Waals surface area contributed by atoms with Crippen LogP contribution in [0.15, 0.2) is 6.20 Å². The number of fused-ring (bicyclic) bond motifs is 3. The zero-order chi connectivity index (χ0) is 19.6. The van der Waals surface area contributed by atoms with Crippen molar-refractivity contribution < 1.29 is 9.59 Å². The molecular formula is C19H32N6O2. The van der Waals surface area contributed by atoms with Gasteiger partial charge in [0, 0.05) is 44.2 Å². The van der Waals surface area contributed by atoms with Crippen LogP contribution in [-0.2, 0) is 21.5 Å². The molecule has 1 aromatic heterocycles. The molecule has 2 N–H and O–H groups in total. The molecule has 3 saturated heterocycles. The van der Waals surface area contributed by atoms with Crippen molar-refractivity contribution in [3.8, 4) is 0 Å². The number of amides is 2. The SMILES string of the molecule is CC(=O)NCCNC(=O)C1CN2CCC1CC2Cn1cc(C(C)(C)C)nn1. The van der Waals surface area contributed by atoms with Crippen LogP contribution in [0.25, 0.3) is 0 Å². The van der Waals surface area contributed by atoms with Crippen LogP contribution in [0.4, 0.5) is 0 Å². The Morgan fingerprint density at radius 1 is 1.26 bits per heavy atom. The maximum absolute atomic E-state index is 12.5. The summed E-state index contributed by atoms with van der Waals surface area (Å²) in [7, 11) is 0. The molecule has 0 radical (unpaired) electrons. The lowest BCUT2D eigenvalue weighted by Gasteiger charge is -2.49. The molecule has 0 spiro atoms. The predicted octanol–water partition coefficient (Wildman–Crippen LogP) is 0.538. The molecule has 4 atom stereocenters. The van der Waals surface area contributed by atoms with Gasteiger partial charge in [-0.3, -0.25) is 19.2 Å². The van der Waals surface area contributed by atoms with E-state index in [-0.39, 0.29) is 23.1 Å². The summed E-state index contributed by atoms with van der Waals surface area (Å²) in [4.78, 5) is 25.9. The van der Waals surface area contributed by atoms with Crippen molar-refractivity contribution >= 4 is 11.8 Å². The number of rotatable bonds is 6. The topological polar surface area (TPSA) is 92.2 Å². The Balaban J connectivity index is 1.52. The van der Waals surface area contributed by atoms with Crippen molar-refractivity contribution in [3.05, 3.63) is 11.9 Å². The first-order valence-electron chi connectivity index (χ1n) is 9.91. The molecule has 8 heteroatoms. The Morgan fingerprint density at radius 2 is 2.00 bits per heavy atom. The van der Waals surface area contributed by atoms with E-state index in [1.807, 2.05) is 4.68 Å². The van der Waals surface area contributed by atoms with E-state index in [1.54, 1.807) is 0 Å². The molecule has 4 unspecified atom stereocenters. The van der Waals surface area contributed by atoms with Crippen molar-refractivity contribution in [3.63, 3.8) is 0 Å². The lowest BCUT2D eigenvalue weighted by molar-refractivity contribution is -0.133. The molecule has 2 amide bonds. The van der Waals surface area contributed by atoms with Gasteiger partial charge in [0.1, 0.15) is 0 Å². The molecule has 1 aromatic rings. The molecule has 2 bridgehead atoms. The minimum atomic E-state index is -0.0716. The smallest absolute Gasteiger partial charge is 0.224 e. The van der Waals surface area contributed by atoms with Gasteiger partial charge in [-0.05, 0) is 25.3 Å². The zero-order valence-corrected chi connectivity index (χ0v) is 16.9. The number of aromatic nitrogens is 3. The van der Waals surface area contributed by atoms with E-state index in [1.165, 1.54) is 6.92 Å². The molecule has 3 aliphatic rings. The standard InChI is InChI=1S/C19H32N6O2/c1-13(26)20-6-7-21-18(27)16-11-24-8-5-14(16)9-15(24)10-25-12-17(22-23-25)19(2,3)4/h12,14-16H,5-11H2,1-4H3,(H,20,26)(H,21,27). The molecule has 0 saturated carbocycles. The summed E-state index contributed by atoms with van der Waals surface area (Å²) in [6, 6.07) is 0.418. The highest BCUT2D eigenvalue weighted by atomic mass is 16.2. The highest BCUT2D eigenvalue weighted by molar-refractivity contribution is 5.79. The monoisotopic (exact) mass is 376 g/mol. The quantitative estimate of drug-likeness (QED) is 0.707. The Kier molecular flexibility index (Phi) is 5.83. The van der Waals surface area contributed by atoms with Gasteiger partial charge in [0.05, 0.1) is 18.2 Å². The third-order valence-electron chi connectivity index (χ3n) is 5.72. The van der Waals surface area contributed by atoms with Crippen molar-refractivity contribution in [1.82, 2.24) is 30.5 Å². The molecule has 4 heterocycles. The molecule has 8 nitrogen and oxygen atoms in total. The van der Waals surface area contributed by atoms with Crippen molar-refractivity contribution in [2.45, 2.75) is 58.5 Å². The second kappa shape index (κ2) is 7.96. The summed E-state index contributed by atoms with van der Waals surface area (Å²) in [5.41, 5.74) is 1.01. The van der Waals surface area contributed by atoms with E-state index < -0.39 is 0 Å². The first-order chi connectivity index (χ1) is 12.7. The first kappa shape index (κ1) is 19.8. The van der Waals surface area contributed by atoms with E-state index >= 15 is 0 Å². The highest BCUT2D eigenvalue weighted by Gasteiger charge is 2.43. The number of carbonyl (C=O) groups is 2. The summed E-state index contributed by atoms with van der Waals surface area (Å²) in [6.45, 7) is 11.6. The Morgan fingerprint density at radius 3 is 2.59 bits per heavy atom. The van der Waals surface area contributed by atoms with Crippen molar-refractivity contribution in [1.29, 1.82) is 0 Å². The van der Waals surface area contributed by atoms with Gasteiger partial charge in [0.2, 0.25) is 11.8 Å². The number of nitrogens with one attached hydrogen (secondary N) is 2. The Hall–Kier alpha value is -1.96. The second-order valence-corrected chi connectivity index (χ2v) is 8.89. The normalized spacial score (nSPS) is 27.4. The summed E-state index contributed by atoms with van der Waals surface area (Å²) in [6.07, 6.45) is 4.15. The molecular weight excluding hydrogens is 344 g/mol. The first-order valence-corrected chi connectivity index (χ1v) is 9.91. The van der Waals surface area contributed by atoms with Crippen molar-refractivity contribution in [2.75, 3.05) is 26.2 Å². The molecule has 3 aliphatic heterocycles. The van der Waals surface area contributed by atoms with E-state index in [4.69, 9.17) is 0 Å². The van der Waals surface area contributed by atoms with E-state index in [0.717, 1.165) is 38.2 Å². The largest absolute Gasteiger partial charge is 0.355 e. The van der Waals surface area contributed by atoms with Gasteiger partial charge in [-0.15, -0.1) is 5.10 Å². The average molecular weight is 377 g/mol. The lowest BCUT2D eigenvalue weighted by Crippen LogP contribution is -2.58. The number of piperidine rings is 3. The minimum Gasteiger partial charge on any atom is -0.355 e. The van der Waals surface area contributed by atoms with Gasteiger partial charge < -0.3 is 10.6 Å². The lowest BCUT2D eigenvalue weighted by atomic mass is 9.75. The van der Waals surface area contributed by atoms with Crippen LogP contribution in [-0.4, -0.2) is 63.9 Å². The summed E-state index contributed by atoms with van der Waals surface area (Å²) >= 11 is 0. The van der Waals surface area contributed by atoms with Crippen LogP contribution in [0.3, 0.4) is 0 Å². The molecule has 0 aliphatic carbocycles. The van der Waals surface area contributed by atoms with Gasteiger partial charge in [-0.2, -0.15) is 0 Å². The zero-order valence-electron chi connectivity index (χ0n) is 16.9. The van der Waals surface area contributed by atoms with E-state index in [9.17, 15) is 9.59 Å². The Labute approximate surface area is 161 Å². The third kappa shape index (κ3) is 4.86. The summed E-state index contributed by atoms with van der Waals surface area (Å²) < 4.78 is 1.95. The number of nitrogens with zero attached hydrogens (tertiary/aromatic N) is 4. The van der Waals surface area contributed by atoms with Gasteiger partial charge in [0.15, 0.2) is 0 Å². The maximum Gasteiger partial charge on any atom is 0.224 e. The average Bonchev–Trinajstić information content (AvgIpc) is 3.08. The van der Waals surface area contributed by atoms with Crippen LogP contribution in [0.5, 0.6) is 0 Å². The van der Waals surface area contributed by atoms with E-state index in [0.29, 0.717) is 25.0 Å². The van der Waals surface area contributed by atoms with Gasteiger partial charge in [0.25, 0.3) is 0 Å². The number of carbonyl (C=O) groups excluding carboxylic acids is 2. The molecule has 3 fully saturated rings. The van der Waals surface area contributed by atoms with E-state index in [2.05, 4.69) is 52.8 Å². The van der Waals surface area contributed by atoms with Crippen LogP contribution in [0.2, 0.25) is 0 Å². The van der Waals surface area contributed by atoms with Gasteiger partial charge in [-0.1, -0.05) is 26.0 Å². The molecule has 0 aromatic carbocycles. The number of hydrogen-bond donors (Lipinski definition) is 2. The fourth-order valence-corrected chi connectivity index (χ4v) is 4.13. The van der Waals surface area contributed by atoms with Crippen LogP contribution in [0, 0.1) is 11.8 Å². The second-order valence-electron chi connectivity index (χ2n) is 8.89. The third-order valence-corrected chi connectivity index (χ3v) is 5.72. The van der Waals surface area contributed by atoms with Crippen molar-refractivity contribution in [2.24, 2.45) is 11.8 Å². The van der Waals surface area contributed by atoms with Gasteiger partial charge >= 0.3 is 0 Å². The summed E-state index contributed by atoms with van der Waals surface area (Å²) in [5, 5.41) is 14.3. The molecule has 150 valence electrons. The van der Waals surface area contributed by atoms with Crippen LogP contribution >= 0.6 is 0 Å². The minimum absolute atomic E-state index is 0.00450. The van der Waals surface area contributed by atoms with Gasteiger partial charge in [-0.25, -0.2) is 0 Å². The van der Waals surface area contributed by atoms with Crippen LogP contribution in [0.1, 0.15) is 46.2 Å². The Bertz CT molecular complexity index is 680. The highest BCUT2D eigenvalue weighted by Crippen LogP contribution is 2.37.